The lowest BCUT2D eigenvalue weighted by Gasteiger charge is -2.11. The SMILES string of the molecule is CCCC(C)C(=O)Nc1ccc(Cl)c([N+](=O)[O-])c1. The van der Waals surface area contributed by atoms with Gasteiger partial charge in [-0.15, -0.1) is 0 Å². The second-order valence-electron chi connectivity index (χ2n) is 4.10. The molecule has 98 valence electrons. The number of carbonyl (C=O) groups excluding carboxylic acids is 1. The van der Waals surface area contributed by atoms with E-state index in [1.165, 1.54) is 12.1 Å². The van der Waals surface area contributed by atoms with E-state index in [9.17, 15) is 14.9 Å². The zero-order chi connectivity index (χ0) is 13.7. The van der Waals surface area contributed by atoms with Gasteiger partial charge in [-0.2, -0.15) is 0 Å². The number of benzene rings is 1. The van der Waals surface area contributed by atoms with Gasteiger partial charge < -0.3 is 5.32 Å². The molecule has 0 spiro atoms. The average Bonchev–Trinajstić information content (AvgIpc) is 2.31. The van der Waals surface area contributed by atoms with Crippen molar-refractivity contribution in [1.82, 2.24) is 0 Å². The zero-order valence-corrected chi connectivity index (χ0v) is 11.0. The minimum absolute atomic E-state index is 0.0552. The molecular weight excluding hydrogens is 256 g/mol. The summed E-state index contributed by atoms with van der Waals surface area (Å²) in [6.45, 7) is 3.82. The van der Waals surface area contributed by atoms with Gasteiger partial charge in [-0.25, -0.2) is 0 Å². The minimum Gasteiger partial charge on any atom is -0.326 e. The molecular formula is C12H15ClN2O3. The maximum absolute atomic E-state index is 11.8. The van der Waals surface area contributed by atoms with Gasteiger partial charge in [0.2, 0.25) is 5.91 Å². The van der Waals surface area contributed by atoms with Crippen molar-refractivity contribution in [3.8, 4) is 0 Å². The summed E-state index contributed by atoms with van der Waals surface area (Å²) in [6, 6.07) is 4.21. The van der Waals surface area contributed by atoms with Crippen molar-refractivity contribution in [2.75, 3.05) is 5.32 Å². The quantitative estimate of drug-likeness (QED) is 0.656. The molecule has 1 amide bonds. The topological polar surface area (TPSA) is 72.2 Å². The van der Waals surface area contributed by atoms with Crippen LogP contribution in [0.3, 0.4) is 0 Å². The van der Waals surface area contributed by atoms with Crippen molar-refractivity contribution in [2.24, 2.45) is 5.92 Å². The van der Waals surface area contributed by atoms with Gasteiger partial charge in [0.05, 0.1) is 4.92 Å². The van der Waals surface area contributed by atoms with Crippen LogP contribution in [0.15, 0.2) is 18.2 Å². The summed E-state index contributed by atoms with van der Waals surface area (Å²) in [6.07, 6.45) is 1.69. The summed E-state index contributed by atoms with van der Waals surface area (Å²) in [5.41, 5.74) is 0.177. The maximum atomic E-state index is 11.8. The summed E-state index contributed by atoms with van der Waals surface area (Å²) >= 11 is 5.69. The van der Waals surface area contributed by atoms with Crippen molar-refractivity contribution >= 4 is 28.9 Å². The molecule has 1 N–H and O–H groups in total. The molecule has 0 saturated carbocycles. The first-order valence-corrected chi connectivity index (χ1v) is 6.08. The minimum atomic E-state index is -0.576. The van der Waals surface area contributed by atoms with Crippen LogP contribution in [-0.4, -0.2) is 10.8 Å². The number of carbonyl (C=O) groups is 1. The van der Waals surface area contributed by atoms with E-state index in [2.05, 4.69) is 5.32 Å². The molecule has 1 rings (SSSR count). The van der Waals surface area contributed by atoms with Crippen LogP contribution < -0.4 is 5.32 Å². The molecule has 0 aromatic heterocycles. The molecule has 0 aliphatic carbocycles. The highest BCUT2D eigenvalue weighted by Gasteiger charge is 2.16. The molecule has 0 aliphatic heterocycles. The van der Waals surface area contributed by atoms with Gasteiger partial charge in [0, 0.05) is 17.7 Å². The summed E-state index contributed by atoms with van der Waals surface area (Å²) in [7, 11) is 0. The Morgan fingerprint density at radius 1 is 1.56 bits per heavy atom. The molecule has 0 fully saturated rings. The second-order valence-corrected chi connectivity index (χ2v) is 4.51. The van der Waals surface area contributed by atoms with Gasteiger partial charge in [-0.1, -0.05) is 31.9 Å². The van der Waals surface area contributed by atoms with E-state index in [1.54, 1.807) is 6.07 Å². The Balaban J connectivity index is 2.82. The lowest BCUT2D eigenvalue weighted by atomic mass is 10.1. The Labute approximate surface area is 110 Å². The van der Waals surface area contributed by atoms with Crippen molar-refractivity contribution in [2.45, 2.75) is 26.7 Å². The standard InChI is InChI=1S/C12H15ClN2O3/c1-3-4-8(2)12(16)14-9-5-6-10(13)11(7-9)15(17)18/h5-8H,3-4H2,1-2H3,(H,14,16). The summed E-state index contributed by atoms with van der Waals surface area (Å²) in [5.74, 6) is -0.266. The van der Waals surface area contributed by atoms with Gasteiger partial charge in [0.1, 0.15) is 5.02 Å². The molecule has 0 bridgehead atoms. The molecule has 0 heterocycles. The van der Waals surface area contributed by atoms with E-state index >= 15 is 0 Å². The van der Waals surface area contributed by atoms with Crippen LogP contribution in [0, 0.1) is 16.0 Å². The molecule has 1 atom stereocenters. The normalized spacial score (nSPS) is 11.9. The first-order valence-electron chi connectivity index (χ1n) is 5.70. The van der Waals surface area contributed by atoms with E-state index in [0.717, 1.165) is 12.8 Å². The number of hydrogen-bond donors (Lipinski definition) is 1. The van der Waals surface area contributed by atoms with Crippen LogP contribution in [0.25, 0.3) is 0 Å². The highest BCUT2D eigenvalue weighted by Crippen LogP contribution is 2.27. The van der Waals surface area contributed by atoms with Gasteiger partial charge in [-0.3, -0.25) is 14.9 Å². The highest BCUT2D eigenvalue weighted by atomic mass is 35.5. The lowest BCUT2D eigenvalue weighted by Crippen LogP contribution is -2.20. The number of rotatable bonds is 5. The predicted octanol–water partition coefficient (Wildman–Crippen LogP) is 3.62. The van der Waals surface area contributed by atoms with Gasteiger partial charge in [-0.05, 0) is 18.6 Å². The molecule has 0 aliphatic rings. The second kappa shape index (κ2) is 6.35. The number of hydrogen-bond acceptors (Lipinski definition) is 3. The van der Waals surface area contributed by atoms with Gasteiger partial charge in [0.25, 0.3) is 5.69 Å². The van der Waals surface area contributed by atoms with E-state index in [0.29, 0.717) is 5.69 Å². The Hall–Kier alpha value is -1.62. The third-order valence-electron chi connectivity index (χ3n) is 2.58. The lowest BCUT2D eigenvalue weighted by molar-refractivity contribution is -0.384. The molecule has 1 unspecified atom stereocenters. The van der Waals surface area contributed by atoms with Crippen LogP contribution in [0.4, 0.5) is 11.4 Å². The fraction of sp³-hybridized carbons (Fsp3) is 0.417. The van der Waals surface area contributed by atoms with Crippen LogP contribution in [-0.2, 0) is 4.79 Å². The van der Waals surface area contributed by atoms with Crippen LogP contribution >= 0.6 is 11.6 Å². The smallest absolute Gasteiger partial charge is 0.289 e. The fourth-order valence-corrected chi connectivity index (χ4v) is 1.75. The molecule has 6 heteroatoms. The summed E-state index contributed by atoms with van der Waals surface area (Å²) < 4.78 is 0. The van der Waals surface area contributed by atoms with E-state index in [-0.39, 0.29) is 22.5 Å². The Morgan fingerprint density at radius 3 is 2.78 bits per heavy atom. The third kappa shape index (κ3) is 3.70. The number of halogens is 1. The zero-order valence-electron chi connectivity index (χ0n) is 10.3. The van der Waals surface area contributed by atoms with E-state index in [1.807, 2.05) is 13.8 Å². The Bertz CT molecular complexity index is 463. The molecule has 5 nitrogen and oxygen atoms in total. The molecule has 1 aromatic rings. The van der Waals surface area contributed by atoms with Gasteiger partial charge in [0.15, 0.2) is 0 Å². The summed E-state index contributed by atoms with van der Waals surface area (Å²) in [4.78, 5) is 21.9. The van der Waals surface area contributed by atoms with Crippen LogP contribution in [0.1, 0.15) is 26.7 Å². The van der Waals surface area contributed by atoms with Gasteiger partial charge >= 0.3 is 0 Å². The highest BCUT2D eigenvalue weighted by molar-refractivity contribution is 6.32. The number of anilines is 1. The largest absolute Gasteiger partial charge is 0.326 e. The van der Waals surface area contributed by atoms with Crippen LogP contribution in [0.5, 0.6) is 0 Å². The number of nitro groups is 1. The first kappa shape index (κ1) is 14.4. The molecule has 18 heavy (non-hydrogen) atoms. The average molecular weight is 271 g/mol. The monoisotopic (exact) mass is 270 g/mol. The van der Waals surface area contributed by atoms with Crippen molar-refractivity contribution in [3.63, 3.8) is 0 Å². The Morgan fingerprint density at radius 2 is 2.22 bits per heavy atom. The Kier molecular flexibility index (Phi) is 5.09. The van der Waals surface area contributed by atoms with Crippen LogP contribution in [0.2, 0.25) is 5.02 Å². The maximum Gasteiger partial charge on any atom is 0.289 e. The number of amides is 1. The summed E-state index contributed by atoms with van der Waals surface area (Å²) in [5, 5.41) is 13.4. The van der Waals surface area contributed by atoms with Crippen molar-refractivity contribution < 1.29 is 9.72 Å². The first-order chi connectivity index (χ1) is 8.45. The predicted molar refractivity (Wildman–Crippen MR) is 70.8 cm³/mol. The van der Waals surface area contributed by atoms with E-state index in [4.69, 9.17) is 11.6 Å². The number of nitro benzene ring substituents is 1. The van der Waals surface area contributed by atoms with Crippen molar-refractivity contribution in [3.05, 3.63) is 33.3 Å². The van der Waals surface area contributed by atoms with E-state index < -0.39 is 4.92 Å². The third-order valence-corrected chi connectivity index (χ3v) is 2.90. The number of nitrogens with zero attached hydrogens (tertiary/aromatic N) is 1. The molecule has 0 saturated heterocycles. The van der Waals surface area contributed by atoms with Crippen molar-refractivity contribution in [1.29, 1.82) is 0 Å². The fourth-order valence-electron chi connectivity index (χ4n) is 1.56. The number of nitrogens with one attached hydrogen (secondary N) is 1. The molecule has 0 radical (unpaired) electrons. The molecule has 1 aromatic carbocycles.